The average molecular weight is 645 g/mol. The van der Waals surface area contributed by atoms with E-state index in [1.54, 1.807) is 12.1 Å². The number of carbonyl (C=O) groups is 2. The van der Waals surface area contributed by atoms with Gasteiger partial charge < -0.3 is 34.9 Å². The Morgan fingerprint density at radius 2 is 1.67 bits per heavy atom. The fourth-order valence-electron chi connectivity index (χ4n) is 4.11. The quantitative estimate of drug-likeness (QED) is 0.236. The van der Waals surface area contributed by atoms with Gasteiger partial charge >= 0.3 is 18.2 Å². The number of aromatic nitrogens is 3. The molecule has 2 aliphatic heterocycles. The number of rotatable bonds is 6. The van der Waals surface area contributed by atoms with Crippen LogP contribution < -0.4 is 30.2 Å². The summed E-state index contributed by atoms with van der Waals surface area (Å²) in [6.07, 6.45) is 2.66. The third kappa shape index (κ3) is 11.4. The zero-order valence-corrected chi connectivity index (χ0v) is 25.2. The van der Waals surface area contributed by atoms with Gasteiger partial charge in [0, 0.05) is 24.8 Å². The molecule has 1 amide bonds. The van der Waals surface area contributed by atoms with E-state index in [-0.39, 0.29) is 42.7 Å². The van der Waals surface area contributed by atoms with Gasteiger partial charge in [-0.1, -0.05) is 24.3 Å². The SMILES string of the molecule is COC(=O)CCNC(=O)c1ccc2cc1OCCC/C=C\CCCOc1ccc(cc1)CNc1nc(nc(OCC(F)(F)F)n1)N2. The Morgan fingerprint density at radius 1 is 0.957 bits per heavy atom. The van der Waals surface area contributed by atoms with Gasteiger partial charge in [-0.3, -0.25) is 9.59 Å². The van der Waals surface area contributed by atoms with Crippen molar-refractivity contribution in [1.29, 1.82) is 0 Å². The van der Waals surface area contributed by atoms with E-state index in [2.05, 4.69) is 47.8 Å². The lowest BCUT2D eigenvalue weighted by Crippen LogP contribution is -2.27. The first kappa shape index (κ1) is 33.8. The van der Waals surface area contributed by atoms with Crippen LogP contribution in [-0.2, 0) is 16.1 Å². The number of fused-ring (bicyclic) bond motifs is 11. The molecule has 2 aromatic carbocycles. The van der Waals surface area contributed by atoms with Gasteiger partial charge in [0.25, 0.3) is 5.91 Å². The molecule has 5 rings (SSSR count). The van der Waals surface area contributed by atoms with Crippen LogP contribution in [0.3, 0.4) is 0 Å². The number of ether oxygens (including phenoxy) is 4. The number of hydrogen-bond donors (Lipinski definition) is 3. The van der Waals surface area contributed by atoms with Crippen LogP contribution in [0, 0.1) is 0 Å². The van der Waals surface area contributed by atoms with Crippen molar-refractivity contribution < 1.29 is 41.7 Å². The van der Waals surface area contributed by atoms with Crippen LogP contribution in [0.2, 0.25) is 0 Å². The molecule has 12 nitrogen and oxygen atoms in total. The standard InChI is InChI=1S/C31H35F3N6O6/c1-43-26(41)14-15-35-27(42)24-13-10-22-18-25(24)45-17-7-5-3-2-4-6-16-44-23-11-8-21(9-12-23)19-36-28-38-29(37-22)40-30(39-28)46-20-31(32,33)34/h2-3,8-13,18H,4-7,14-17,19-20H2,1H3,(H,35,42)(H2,36,37,38,39,40)/b3-2-. The number of alkyl halides is 3. The summed E-state index contributed by atoms with van der Waals surface area (Å²) < 4.78 is 59.9. The second-order valence-corrected chi connectivity index (χ2v) is 10.0. The first-order valence-electron chi connectivity index (χ1n) is 14.6. The summed E-state index contributed by atoms with van der Waals surface area (Å²) >= 11 is 0. The molecule has 0 spiro atoms. The van der Waals surface area contributed by atoms with E-state index in [4.69, 9.17) is 14.2 Å². The van der Waals surface area contributed by atoms with Gasteiger partial charge in [-0.25, -0.2) is 0 Å². The molecule has 1 aromatic heterocycles. The summed E-state index contributed by atoms with van der Waals surface area (Å²) in [5.41, 5.74) is 1.45. The molecule has 0 saturated carbocycles. The monoisotopic (exact) mass is 644 g/mol. The van der Waals surface area contributed by atoms with Crippen molar-refractivity contribution in [3.63, 3.8) is 0 Å². The maximum absolute atomic E-state index is 12.9. The Hall–Kier alpha value is -5.08. The van der Waals surface area contributed by atoms with Gasteiger partial charge in [0.15, 0.2) is 6.61 Å². The van der Waals surface area contributed by atoms with Crippen LogP contribution in [0.15, 0.2) is 54.6 Å². The lowest BCUT2D eigenvalue weighted by atomic mass is 10.1. The number of esters is 1. The first-order chi connectivity index (χ1) is 22.2. The van der Waals surface area contributed by atoms with Crippen molar-refractivity contribution in [1.82, 2.24) is 20.3 Å². The topological polar surface area (TPSA) is 146 Å². The number of halogens is 3. The fourth-order valence-corrected chi connectivity index (χ4v) is 4.11. The Labute approximate surface area is 263 Å². The molecule has 3 N–H and O–H groups in total. The van der Waals surface area contributed by atoms with Crippen molar-refractivity contribution in [3.05, 3.63) is 65.7 Å². The molecular weight excluding hydrogens is 609 g/mol. The van der Waals surface area contributed by atoms with Crippen LogP contribution in [0.25, 0.3) is 0 Å². The van der Waals surface area contributed by atoms with E-state index in [0.717, 1.165) is 30.6 Å². The second kappa shape index (κ2) is 16.8. The summed E-state index contributed by atoms with van der Waals surface area (Å²) in [5, 5.41) is 8.58. The highest BCUT2D eigenvalue weighted by molar-refractivity contribution is 5.97. The molecule has 3 aromatic rings. The third-order valence-corrected chi connectivity index (χ3v) is 6.40. The Balaban J connectivity index is 1.60. The van der Waals surface area contributed by atoms with Crippen molar-refractivity contribution in [2.75, 3.05) is 44.1 Å². The first-order valence-corrected chi connectivity index (χ1v) is 14.6. The summed E-state index contributed by atoms with van der Waals surface area (Å²) in [6, 6.07) is 11.5. The van der Waals surface area contributed by atoms with Crippen LogP contribution in [-0.4, -0.2) is 66.5 Å². The normalized spacial score (nSPS) is 14.8. The number of nitrogens with one attached hydrogen (secondary N) is 3. The number of anilines is 3. The van der Waals surface area contributed by atoms with Crippen LogP contribution in [0.4, 0.5) is 30.8 Å². The summed E-state index contributed by atoms with van der Waals surface area (Å²) in [7, 11) is 1.26. The Morgan fingerprint density at radius 3 is 2.39 bits per heavy atom. The van der Waals surface area contributed by atoms with Crippen LogP contribution >= 0.6 is 0 Å². The van der Waals surface area contributed by atoms with Crippen molar-refractivity contribution in [2.24, 2.45) is 0 Å². The molecule has 2 aliphatic rings. The number of benzene rings is 2. The highest BCUT2D eigenvalue weighted by Gasteiger charge is 2.29. The van der Waals surface area contributed by atoms with Crippen molar-refractivity contribution in [2.45, 2.75) is 44.8 Å². The van der Waals surface area contributed by atoms with Gasteiger partial charge in [0.1, 0.15) is 11.5 Å². The smallest absolute Gasteiger partial charge is 0.422 e. The largest absolute Gasteiger partial charge is 0.494 e. The number of methoxy groups -OCH3 is 1. The minimum absolute atomic E-state index is 0.00370. The van der Waals surface area contributed by atoms with Gasteiger partial charge in [-0.15, -0.1) is 0 Å². The van der Waals surface area contributed by atoms with Crippen LogP contribution in [0.1, 0.15) is 48.0 Å². The van der Waals surface area contributed by atoms with E-state index >= 15 is 0 Å². The zero-order valence-electron chi connectivity index (χ0n) is 25.2. The van der Waals surface area contributed by atoms with E-state index in [1.165, 1.54) is 13.2 Å². The van der Waals surface area contributed by atoms with Gasteiger partial charge in [0.05, 0.1) is 32.3 Å². The predicted octanol–water partition coefficient (Wildman–Crippen LogP) is 5.35. The predicted molar refractivity (Wildman–Crippen MR) is 162 cm³/mol. The van der Waals surface area contributed by atoms with Gasteiger partial charge in [0.2, 0.25) is 11.9 Å². The van der Waals surface area contributed by atoms with E-state index in [1.807, 2.05) is 24.3 Å². The lowest BCUT2D eigenvalue weighted by molar-refractivity contribution is -0.154. The summed E-state index contributed by atoms with van der Waals surface area (Å²) in [6.45, 7) is -0.431. The molecule has 6 bridgehead atoms. The maximum atomic E-state index is 12.9. The lowest BCUT2D eigenvalue weighted by Gasteiger charge is -2.15. The van der Waals surface area contributed by atoms with Crippen molar-refractivity contribution in [3.8, 4) is 17.5 Å². The van der Waals surface area contributed by atoms with Crippen LogP contribution in [0.5, 0.6) is 17.5 Å². The Bertz CT molecular complexity index is 1490. The molecule has 46 heavy (non-hydrogen) atoms. The number of allylic oxidation sites excluding steroid dienone is 2. The number of hydrogen-bond acceptors (Lipinski definition) is 11. The molecule has 0 fully saturated rings. The summed E-state index contributed by atoms with van der Waals surface area (Å²) in [5.74, 6) is -0.109. The molecule has 0 radical (unpaired) electrons. The highest BCUT2D eigenvalue weighted by atomic mass is 19.4. The summed E-state index contributed by atoms with van der Waals surface area (Å²) in [4.78, 5) is 36.7. The number of amides is 1. The molecule has 0 atom stereocenters. The average Bonchev–Trinajstić information content (AvgIpc) is 3.03. The van der Waals surface area contributed by atoms with Gasteiger partial charge in [-0.2, -0.15) is 28.1 Å². The van der Waals surface area contributed by atoms with Crippen molar-refractivity contribution >= 4 is 29.5 Å². The number of carbonyl (C=O) groups excluding carboxylic acids is 2. The fraction of sp³-hybridized carbons (Fsp3) is 0.387. The number of nitrogens with zero attached hydrogens (tertiary/aromatic N) is 3. The molecular formula is C31H35F3N6O6. The maximum Gasteiger partial charge on any atom is 0.422 e. The minimum atomic E-state index is -4.60. The van der Waals surface area contributed by atoms with E-state index in [0.29, 0.717) is 25.3 Å². The van der Waals surface area contributed by atoms with E-state index < -0.39 is 30.7 Å². The molecule has 246 valence electrons. The van der Waals surface area contributed by atoms with Gasteiger partial charge in [-0.05, 0) is 55.5 Å². The van der Waals surface area contributed by atoms with E-state index in [9.17, 15) is 22.8 Å². The molecule has 0 unspecified atom stereocenters. The molecule has 3 heterocycles. The minimum Gasteiger partial charge on any atom is -0.494 e. The molecule has 15 heteroatoms. The third-order valence-electron chi connectivity index (χ3n) is 6.40. The Kier molecular flexibility index (Phi) is 12.4. The zero-order chi connectivity index (χ0) is 32.8. The molecule has 0 aliphatic carbocycles. The second-order valence-electron chi connectivity index (χ2n) is 10.0. The highest BCUT2D eigenvalue weighted by Crippen LogP contribution is 2.27. The molecule has 0 saturated heterocycles.